The Morgan fingerprint density at radius 1 is 1.03 bits per heavy atom. The van der Waals surface area contributed by atoms with E-state index in [4.69, 9.17) is 25.6 Å². The molecule has 1 heterocycles. The van der Waals surface area contributed by atoms with Crippen LogP contribution < -0.4 is 20.1 Å². The van der Waals surface area contributed by atoms with E-state index in [1.54, 1.807) is 25.3 Å². The van der Waals surface area contributed by atoms with Gasteiger partial charge >= 0.3 is 11.8 Å². The number of benzene rings is 2. The van der Waals surface area contributed by atoms with E-state index in [9.17, 15) is 9.59 Å². The van der Waals surface area contributed by atoms with Gasteiger partial charge in [-0.1, -0.05) is 28.9 Å². The lowest BCUT2D eigenvalue weighted by molar-refractivity contribution is -0.121. The van der Waals surface area contributed by atoms with Gasteiger partial charge in [0.25, 0.3) is 0 Å². The van der Waals surface area contributed by atoms with Crippen molar-refractivity contribution >= 4 is 23.4 Å². The Labute approximate surface area is 190 Å². The number of hydrogen-bond acceptors (Lipinski definition) is 7. The highest BCUT2D eigenvalue weighted by molar-refractivity contribution is 6.30. The number of carbonyl (C=O) groups excluding carboxylic acids is 2. The second kappa shape index (κ2) is 11.1. The first-order valence-corrected chi connectivity index (χ1v) is 10.2. The predicted molar refractivity (Wildman–Crippen MR) is 118 cm³/mol. The SMILES string of the molecule is COc1ccc(CCC(=O)NCCNC(=O)c2nc(-c3cc(Cl)ccc3OC)no2)cc1. The van der Waals surface area contributed by atoms with Crippen molar-refractivity contribution in [2.24, 2.45) is 0 Å². The molecule has 0 bridgehead atoms. The van der Waals surface area contributed by atoms with Crippen LogP contribution in [0, 0.1) is 0 Å². The number of ether oxygens (including phenoxy) is 2. The lowest BCUT2D eigenvalue weighted by atomic mass is 10.1. The van der Waals surface area contributed by atoms with Crippen molar-refractivity contribution in [1.29, 1.82) is 0 Å². The summed E-state index contributed by atoms with van der Waals surface area (Å²) in [4.78, 5) is 28.3. The zero-order chi connectivity index (χ0) is 22.9. The summed E-state index contributed by atoms with van der Waals surface area (Å²) < 4.78 is 15.4. The number of amides is 2. The van der Waals surface area contributed by atoms with Gasteiger partial charge in [-0.25, -0.2) is 0 Å². The van der Waals surface area contributed by atoms with Crippen LogP contribution >= 0.6 is 11.6 Å². The molecule has 3 rings (SSSR count). The number of aromatic nitrogens is 2. The Morgan fingerprint density at radius 3 is 2.50 bits per heavy atom. The van der Waals surface area contributed by atoms with E-state index >= 15 is 0 Å². The van der Waals surface area contributed by atoms with Crippen LogP contribution in [-0.2, 0) is 11.2 Å². The molecule has 3 aromatic rings. The van der Waals surface area contributed by atoms with Crippen LogP contribution in [0.1, 0.15) is 22.7 Å². The van der Waals surface area contributed by atoms with Gasteiger partial charge in [0.1, 0.15) is 11.5 Å². The first-order chi connectivity index (χ1) is 15.5. The van der Waals surface area contributed by atoms with Gasteiger partial charge in [0.15, 0.2) is 0 Å². The molecular formula is C22H23ClN4O5. The lowest BCUT2D eigenvalue weighted by Gasteiger charge is -2.06. The molecule has 168 valence electrons. The molecule has 0 radical (unpaired) electrons. The molecule has 0 saturated heterocycles. The maximum atomic E-state index is 12.2. The fourth-order valence-corrected chi connectivity index (χ4v) is 3.04. The smallest absolute Gasteiger partial charge is 0.316 e. The van der Waals surface area contributed by atoms with Crippen LogP contribution in [0.2, 0.25) is 5.02 Å². The number of carbonyl (C=O) groups is 2. The summed E-state index contributed by atoms with van der Waals surface area (Å²) >= 11 is 6.01. The molecule has 32 heavy (non-hydrogen) atoms. The molecule has 0 unspecified atom stereocenters. The molecule has 9 nitrogen and oxygen atoms in total. The standard InChI is InChI=1S/C22H23ClN4O5/c1-30-16-7-3-14(4-8-16)5-10-19(28)24-11-12-25-21(29)22-26-20(27-32-22)17-13-15(23)6-9-18(17)31-2/h3-4,6-9,13H,5,10-12H2,1-2H3,(H,24,28)(H,25,29). The van der Waals surface area contributed by atoms with Gasteiger partial charge < -0.3 is 24.6 Å². The van der Waals surface area contributed by atoms with E-state index in [0.717, 1.165) is 11.3 Å². The van der Waals surface area contributed by atoms with E-state index in [0.29, 0.717) is 29.2 Å². The summed E-state index contributed by atoms with van der Waals surface area (Å²) in [5.41, 5.74) is 1.55. The zero-order valence-corrected chi connectivity index (χ0v) is 18.4. The maximum Gasteiger partial charge on any atom is 0.316 e. The van der Waals surface area contributed by atoms with Crippen molar-refractivity contribution in [2.45, 2.75) is 12.8 Å². The third-order valence-electron chi connectivity index (χ3n) is 4.56. The molecule has 0 aliphatic rings. The second-order valence-electron chi connectivity index (χ2n) is 6.72. The van der Waals surface area contributed by atoms with Crippen molar-refractivity contribution in [1.82, 2.24) is 20.8 Å². The van der Waals surface area contributed by atoms with Crippen molar-refractivity contribution in [3.63, 3.8) is 0 Å². The molecule has 0 aliphatic heterocycles. The number of nitrogens with one attached hydrogen (secondary N) is 2. The van der Waals surface area contributed by atoms with Crippen LogP contribution in [0.15, 0.2) is 47.0 Å². The van der Waals surface area contributed by atoms with E-state index in [1.165, 1.54) is 7.11 Å². The van der Waals surface area contributed by atoms with Crippen LogP contribution in [0.25, 0.3) is 11.4 Å². The Balaban J connectivity index is 1.42. The van der Waals surface area contributed by atoms with Crippen LogP contribution in [0.3, 0.4) is 0 Å². The maximum absolute atomic E-state index is 12.2. The van der Waals surface area contributed by atoms with Gasteiger partial charge in [-0.15, -0.1) is 0 Å². The third-order valence-corrected chi connectivity index (χ3v) is 4.79. The van der Waals surface area contributed by atoms with Gasteiger partial charge in [-0.3, -0.25) is 9.59 Å². The van der Waals surface area contributed by atoms with Gasteiger partial charge in [-0.05, 0) is 42.3 Å². The average Bonchev–Trinajstić information content (AvgIpc) is 3.31. The molecule has 2 N–H and O–H groups in total. The second-order valence-corrected chi connectivity index (χ2v) is 7.16. The molecule has 1 aromatic heterocycles. The predicted octanol–water partition coefficient (Wildman–Crippen LogP) is 2.89. The molecule has 2 aromatic carbocycles. The first-order valence-electron chi connectivity index (χ1n) is 9.85. The van der Waals surface area contributed by atoms with Gasteiger partial charge in [0, 0.05) is 24.5 Å². The van der Waals surface area contributed by atoms with E-state index < -0.39 is 5.91 Å². The molecule has 10 heteroatoms. The number of rotatable bonds is 10. The summed E-state index contributed by atoms with van der Waals surface area (Å²) in [6.07, 6.45) is 0.953. The van der Waals surface area contributed by atoms with Crippen molar-refractivity contribution in [3.05, 3.63) is 58.9 Å². The van der Waals surface area contributed by atoms with Crippen LogP contribution in [0.5, 0.6) is 11.5 Å². The summed E-state index contributed by atoms with van der Waals surface area (Å²) in [5.74, 6) is 0.600. The normalized spacial score (nSPS) is 10.5. The van der Waals surface area contributed by atoms with E-state index in [1.807, 2.05) is 24.3 Å². The molecule has 0 saturated carbocycles. The molecule has 0 aliphatic carbocycles. The summed E-state index contributed by atoms with van der Waals surface area (Å²) in [6, 6.07) is 12.5. The van der Waals surface area contributed by atoms with Crippen molar-refractivity contribution < 1.29 is 23.6 Å². The molecule has 0 spiro atoms. The largest absolute Gasteiger partial charge is 0.497 e. The van der Waals surface area contributed by atoms with Crippen LogP contribution in [-0.4, -0.2) is 49.3 Å². The highest BCUT2D eigenvalue weighted by atomic mass is 35.5. The summed E-state index contributed by atoms with van der Waals surface area (Å²) in [7, 11) is 3.11. The van der Waals surface area contributed by atoms with E-state index in [-0.39, 0.29) is 30.7 Å². The Morgan fingerprint density at radius 2 is 1.78 bits per heavy atom. The highest BCUT2D eigenvalue weighted by Crippen LogP contribution is 2.30. The topological polar surface area (TPSA) is 116 Å². The quantitative estimate of drug-likeness (QED) is 0.449. The van der Waals surface area contributed by atoms with Gasteiger partial charge in [0.2, 0.25) is 11.7 Å². The Bertz CT molecular complexity index is 1070. The first kappa shape index (κ1) is 23.1. The number of methoxy groups -OCH3 is 2. The number of nitrogens with zero attached hydrogens (tertiary/aromatic N) is 2. The summed E-state index contributed by atoms with van der Waals surface area (Å²) in [5, 5.41) is 9.67. The van der Waals surface area contributed by atoms with Crippen molar-refractivity contribution in [3.8, 4) is 22.9 Å². The van der Waals surface area contributed by atoms with Gasteiger partial charge in [-0.2, -0.15) is 4.98 Å². The lowest BCUT2D eigenvalue weighted by Crippen LogP contribution is -2.34. The number of aryl methyl sites for hydroxylation is 1. The Kier molecular flexibility index (Phi) is 8.04. The third kappa shape index (κ3) is 6.21. The Hall–Kier alpha value is -3.59. The fraction of sp³-hybridized carbons (Fsp3) is 0.273. The fourth-order valence-electron chi connectivity index (χ4n) is 2.87. The molecule has 0 atom stereocenters. The van der Waals surface area contributed by atoms with Crippen LogP contribution in [0.4, 0.5) is 0 Å². The zero-order valence-electron chi connectivity index (χ0n) is 17.7. The average molecular weight is 459 g/mol. The number of hydrogen-bond donors (Lipinski definition) is 2. The minimum Gasteiger partial charge on any atom is -0.497 e. The summed E-state index contributed by atoms with van der Waals surface area (Å²) in [6.45, 7) is 0.488. The monoisotopic (exact) mass is 458 g/mol. The van der Waals surface area contributed by atoms with Crippen molar-refractivity contribution in [2.75, 3.05) is 27.3 Å². The van der Waals surface area contributed by atoms with Gasteiger partial charge in [0.05, 0.1) is 19.8 Å². The minimum absolute atomic E-state index is 0.108. The number of halogens is 1. The highest BCUT2D eigenvalue weighted by Gasteiger charge is 2.18. The molecule has 2 amide bonds. The van der Waals surface area contributed by atoms with E-state index in [2.05, 4.69) is 20.8 Å². The molecule has 0 fully saturated rings. The minimum atomic E-state index is -0.544. The molecular weight excluding hydrogens is 436 g/mol.